The summed E-state index contributed by atoms with van der Waals surface area (Å²) < 4.78 is 10.4. The molecule has 1 unspecified atom stereocenters. The van der Waals surface area contributed by atoms with Crippen LogP contribution in [0.25, 0.3) is 5.57 Å². The van der Waals surface area contributed by atoms with E-state index in [0.29, 0.717) is 18.4 Å². The van der Waals surface area contributed by atoms with E-state index in [4.69, 9.17) is 14.6 Å². The summed E-state index contributed by atoms with van der Waals surface area (Å²) in [6, 6.07) is 9.37. The molecule has 0 bridgehead atoms. The van der Waals surface area contributed by atoms with Crippen LogP contribution in [0, 0.1) is 0 Å². The van der Waals surface area contributed by atoms with Gasteiger partial charge in [-0.1, -0.05) is 30.3 Å². The van der Waals surface area contributed by atoms with Crippen molar-refractivity contribution >= 4 is 17.5 Å². The van der Waals surface area contributed by atoms with E-state index < -0.39 is 18.0 Å². The SMILES string of the molecule is COC1=C(c2ccccc2)C(CCCC(=O)O)OC1=O. The Morgan fingerprint density at radius 3 is 2.65 bits per heavy atom. The zero-order valence-electron chi connectivity index (χ0n) is 11.2. The van der Waals surface area contributed by atoms with Crippen molar-refractivity contribution in [3.8, 4) is 0 Å². The first-order valence-corrected chi connectivity index (χ1v) is 6.40. The lowest BCUT2D eigenvalue weighted by Gasteiger charge is -2.13. The Morgan fingerprint density at radius 1 is 1.35 bits per heavy atom. The quantitative estimate of drug-likeness (QED) is 0.806. The summed E-state index contributed by atoms with van der Waals surface area (Å²) in [7, 11) is 1.43. The molecule has 1 heterocycles. The van der Waals surface area contributed by atoms with Gasteiger partial charge in [-0.2, -0.15) is 0 Å². The zero-order valence-corrected chi connectivity index (χ0v) is 11.2. The molecule has 1 aromatic rings. The van der Waals surface area contributed by atoms with Crippen LogP contribution < -0.4 is 0 Å². The highest BCUT2D eigenvalue weighted by Crippen LogP contribution is 2.34. The summed E-state index contributed by atoms with van der Waals surface area (Å²) in [6.07, 6.45) is 0.521. The molecule has 5 heteroatoms. The first kappa shape index (κ1) is 14.1. The van der Waals surface area contributed by atoms with Crippen LogP contribution in [0.2, 0.25) is 0 Å². The minimum Gasteiger partial charge on any atom is -0.490 e. The van der Waals surface area contributed by atoms with Gasteiger partial charge in [-0.15, -0.1) is 0 Å². The van der Waals surface area contributed by atoms with E-state index in [2.05, 4.69) is 0 Å². The van der Waals surface area contributed by atoms with Gasteiger partial charge in [0.1, 0.15) is 6.10 Å². The summed E-state index contributed by atoms with van der Waals surface area (Å²) in [4.78, 5) is 22.3. The maximum absolute atomic E-state index is 11.8. The van der Waals surface area contributed by atoms with Crippen LogP contribution in [-0.4, -0.2) is 30.3 Å². The van der Waals surface area contributed by atoms with Crippen LogP contribution in [0.5, 0.6) is 0 Å². The van der Waals surface area contributed by atoms with E-state index in [0.717, 1.165) is 5.56 Å². The number of methoxy groups -OCH3 is 1. The smallest absolute Gasteiger partial charge is 0.374 e. The summed E-state index contributed by atoms with van der Waals surface area (Å²) in [5.41, 5.74) is 1.55. The first-order valence-electron chi connectivity index (χ1n) is 6.40. The maximum atomic E-state index is 11.8. The molecule has 0 aromatic heterocycles. The van der Waals surface area contributed by atoms with E-state index in [1.54, 1.807) is 0 Å². The second-order valence-corrected chi connectivity index (χ2v) is 4.49. The van der Waals surface area contributed by atoms with E-state index in [1.165, 1.54) is 7.11 Å². The molecule has 106 valence electrons. The topological polar surface area (TPSA) is 72.8 Å². The molecule has 1 aliphatic rings. The van der Waals surface area contributed by atoms with Crippen LogP contribution in [0.3, 0.4) is 0 Å². The van der Waals surface area contributed by atoms with Crippen LogP contribution in [0.4, 0.5) is 0 Å². The molecule has 1 aliphatic heterocycles. The van der Waals surface area contributed by atoms with Gasteiger partial charge in [-0.05, 0) is 18.4 Å². The number of carbonyl (C=O) groups is 2. The second kappa shape index (κ2) is 6.23. The van der Waals surface area contributed by atoms with Crippen LogP contribution in [0.15, 0.2) is 36.1 Å². The van der Waals surface area contributed by atoms with Gasteiger partial charge in [0.2, 0.25) is 5.76 Å². The third-order valence-corrected chi connectivity index (χ3v) is 3.15. The molecule has 0 saturated carbocycles. The minimum absolute atomic E-state index is 0.0540. The Labute approximate surface area is 116 Å². The molecule has 0 spiro atoms. The monoisotopic (exact) mass is 276 g/mol. The van der Waals surface area contributed by atoms with Crippen molar-refractivity contribution in [3.05, 3.63) is 41.7 Å². The molecule has 0 fully saturated rings. The van der Waals surface area contributed by atoms with Crippen LogP contribution in [-0.2, 0) is 19.1 Å². The summed E-state index contributed by atoms with van der Waals surface area (Å²) in [5.74, 6) is -1.14. The molecule has 0 saturated heterocycles. The molecule has 0 radical (unpaired) electrons. The van der Waals surface area contributed by atoms with Crippen LogP contribution >= 0.6 is 0 Å². The number of hydrogen-bond donors (Lipinski definition) is 1. The molecule has 1 aromatic carbocycles. The molecule has 1 atom stereocenters. The fraction of sp³-hybridized carbons (Fsp3) is 0.333. The fourth-order valence-electron chi connectivity index (χ4n) is 2.27. The van der Waals surface area contributed by atoms with E-state index in [1.807, 2.05) is 30.3 Å². The Kier molecular flexibility index (Phi) is 4.40. The number of hydrogen-bond acceptors (Lipinski definition) is 4. The Morgan fingerprint density at radius 2 is 2.05 bits per heavy atom. The average Bonchev–Trinajstić information content (AvgIpc) is 2.75. The number of aliphatic carboxylic acids is 1. The molecular weight excluding hydrogens is 260 g/mol. The molecule has 20 heavy (non-hydrogen) atoms. The Bertz CT molecular complexity index is 532. The van der Waals surface area contributed by atoms with Crippen molar-refractivity contribution in [3.63, 3.8) is 0 Å². The molecular formula is C15H16O5. The molecule has 0 amide bonds. The van der Waals surface area contributed by atoms with E-state index >= 15 is 0 Å². The van der Waals surface area contributed by atoms with Gasteiger partial charge in [0.15, 0.2) is 0 Å². The molecule has 1 N–H and O–H groups in total. The summed E-state index contributed by atoms with van der Waals surface area (Å²) in [5, 5.41) is 8.68. The number of esters is 1. The number of benzene rings is 1. The van der Waals surface area contributed by atoms with Gasteiger partial charge < -0.3 is 14.6 Å². The molecule has 5 nitrogen and oxygen atoms in total. The van der Waals surface area contributed by atoms with E-state index in [9.17, 15) is 9.59 Å². The average molecular weight is 276 g/mol. The predicted molar refractivity (Wildman–Crippen MR) is 71.7 cm³/mol. The number of ether oxygens (including phenoxy) is 2. The van der Waals surface area contributed by atoms with Gasteiger partial charge in [0, 0.05) is 12.0 Å². The number of rotatable bonds is 6. The highest BCUT2D eigenvalue weighted by Gasteiger charge is 2.35. The normalized spacial score (nSPS) is 18.1. The standard InChI is InChI=1S/C15H16O5/c1-19-14-13(10-6-3-2-4-7-10)11(20-15(14)18)8-5-9-12(16)17/h2-4,6-7,11H,5,8-9H2,1H3,(H,16,17). The lowest BCUT2D eigenvalue weighted by atomic mass is 9.97. The lowest BCUT2D eigenvalue weighted by molar-refractivity contribution is -0.142. The van der Waals surface area contributed by atoms with Gasteiger partial charge in [-0.25, -0.2) is 4.79 Å². The number of carbonyl (C=O) groups excluding carboxylic acids is 1. The molecule has 0 aliphatic carbocycles. The summed E-state index contributed by atoms with van der Waals surface area (Å²) >= 11 is 0. The van der Waals surface area contributed by atoms with Gasteiger partial charge in [-0.3, -0.25) is 4.79 Å². The van der Waals surface area contributed by atoms with Crippen molar-refractivity contribution in [2.75, 3.05) is 7.11 Å². The van der Waals surface area contributed by atoms with Crippen LogP contribution in [0.1, 0.15) is 24.8 Å². The van der Waals surface area contributed by atoms with Gasteiger partial charge >= 0.3 is 11.9 Å². The Balaban J connectivity index is 2.22. The first-order chi connectivity index (χ1) is 9.63. The van der Waals surface area contributed by atoms with Crippen molar-refractivity contribution in [1.29, 1.82) is 0 Å². The number of carboxylic acid groups (broad SMARTS) is 1. The van der Waals surface area contributed by atoms with Crippen molar-refractivity contribution in [2.45, 2.75) is 25.4 Å². The molecule has 2 rings (SSSR count). The number of cyclic esters (lactones) is 1. The third kappa shape index (κ3) is 2.99. The van der Waals surface area contributed by atoms with Crippen molar-refractivity contribution in [1.82, 2.24) is 0 Å². The minimum atomic E-state index is -0.855. The van der Waals surface area contributed by atoms with Crippen molar-refractivity contribution in [2.24, 2.45) is 0 Å². The van der Waals surface area contributed by atoms with E-state index in [-0.39, 0.29) is 12.2 Å². The third-order valence-electron chi connectivity index (χ3n) is 3.15. The maximum Gasteiger partial charge on any atom is 0.374 e. The van der Waals surface area contributed by atoms with Crippen molar-refractivity contribution < 1.29 is 24.2 Å². The fourth-order valence-corrected chi connectivity index (χ4v) is 2.27. The predicted octanol–water partition coefficient (Wildman–Crippen LogP) is 2.22. The lowest BCUT2D eigenvalue weighted by Crippen LogP contribution is -2.12. The van der Waals surface area contributed by atoms with Gasteiger partial charge in [0.25, 0.3) is 0 Å². The number of carboxylic acids is 1. The highest BCUT2D eigenvalue weighted by atomic mass is 16.6. The highest BCUT2D eigenvalue weighted by molar-refractivity contribution is 6.01. The largest absolute Gasteiger partial charge is 0.490 e. The zero-order chi connectivity index (χ0) is 14.5. The Hall–Kier alpha value is -2.30. The summed E-state index contributed by atoms with van der Waals surface area (Å²) in [6.45, 7) is 0. The second-order valence-electron chi connectivity index (χ2n) is 4.49. The van der Waals surface area contributed by atoms with Gasteiger partial charge in [0.05, 0.1) is 7.11 Å².